The topological polar surface area (TPSA) is 96.0 Å². The highest BCUT2D eigenvalue weighted by molar-refractivity contribution is 7.87. The SMILES string of the molecule is CC(C)CCC[C@@H](C)[C@H]1CC[C@H]2[C@@H]3CC[C@H]4C[C@@H](OC=C(c5cccc6cc(S(=O)(=O)OCC(C)(C)C)ccc56)c5cccc6cc(S(=O)(=O)OCC(C)(C)C)ccc56)CC[C@]4(C)[C@H]3CC[C@]12C. The van der Waals surface area contributed by atoms with Crippen LogP contribution in [-0.4, -0.2) is 36.2 Å². The van der Waals surface area contributed by atoms with Crippen LogP contribution in [0.25, 0.3) is 27.1 Å². The van der Waals surface area contributed by atoms with E-state index in [2.05, 4.69) is 46.8 Å². The Balaban J connectivity index is 1.08. The molecule has 0 aliphatic heterocycles. The molecular weight excluding hydrogens is 885 g/mol. The summed E-state index contributed by atoms with van der Waals surface area (Å²) >= 11 is 0. The third-order valence-corrected chi connectivity index (χ3v) is 19.9. The average molecular weight is 967 g/mol. The highest BCUT2D eigenvalue weighted by Gasteiger charge is 2.60. The molecule has 8 rings (SSSR count). The molecule has 0 N–H and O–H groups in total. The molecule has 68 heavy (non-hydrogen) atoms. The second kappa shape index (κ2) is 19.4. The molecule has 0 aromatic heterocycles. The maximum absolute atomic E-state index is 13.4. The van der Waals surface area contributed by atoms with Gasteiger partial charge in [0, 0.05) is 5.57 Å². The van der Waals surface area contributed by atoms with Crippen molar-refractivity contribution in [2.24, 2.45) is 63.1 Å². The van der Waals surface area contributed by atoms with Gasteiger partial charge in [0.25, 0.3) is 20.2 Å². The molecule has 4 aliphatic rings. The fraction of sp³-hybridized carbons (Fsp3) is 0.627. The lowest BCUT2D eigenvalue weighted by molar-refractivity contribution is -0.130. The van der Waals surface area contributed by atoms with E-state index in [0.717, 1.165) is 86.6 Å². The molecule has 7 nitrogen and oxygen atoms in total. The predicted octanol–water partition coefficient (Wildman–Crippen LogP) is 15.4. The van der Waals surface area contributed by atoms with E-state index in [1.54, 1.807) is 24.3 Å². The monoisotopic (exact) mass is 967 g/mol. The molecule has 0 spiro atoms. The minimum absolute atomic E-state index is 0.0643. The molecule has 0 amide bonds. The average Bonchev–Trinajstić information content (AvgIpc) is 3.64. The van der Waals surface area contributed by atoms with Gasteiger partial charge in [0.1, 0.15) is 0 Å². The third-order valence-electron chi connectivity index (χ3n) is 17.4. The minimum atomic E-state index is -3.99. The predicted molar refractivity (Wildman–Crippen MR) is 278 cm³/mol. The summed E-state index contributed by atoms with van der Waals surface area (Å²) in [5.74, 6) is 5.57. The molecule has 9 atom stereocenters. The van der Waals surface area contributed by atoms with Gasteiger partial charge in [-0.25, -0.2) is 0 Å². The van der Waals surface area contributed by atoms with Crippen LogP contribution in [0.1, 0.15) is 164 Å². The molecule has 0 unspecified atom stereocenters. The number of rotatable bonds is 15. The van der Waals surface area contributed by atoms with Crippen molar-refractivity contribution in [1.29, 1.82) is 0 Å². The Morgan fingerprint density at radius 1 is 0.662 bits per heavy atom. The highest BCUT2D eigenvalue weighted by atomic mass is 32.2. The van der Waals surface area contributed by atoms with Gasteiger partial charge in [-0.3, -0.25) is 8.37 Å². The lowest BCUT2D eigenvalue weighted by Gasteiger charge is -2.61. The van der Waals surface area contributed by atoms with Gasteiger partial charge in [-0.15, -0.1) is 0 Å². The van der Waals surface area contributed by atoms with E-state index in [1.807, 2.05) is 84.2 Å². The molecule has 0 bridgehead atoms. The zero-order valence-corrected chi connectivity index (χ0v) is 44.8. The first-order valence-electron chi connectivity index (χ1n) is 26.1. The summed E-state index contributed by atoms with van der Waals surface area (Å²) in [6.45, 7) is 24.5. The molecule has 0 radical (unpaired) electrons. The summed E-state index contributed by atoms with van der Waals surface area (Å²) < 4.78 is 71.7. The summed E-state index contributed by atoms with van der Waals surface area (Å²) in [5.41, 5.74) is 2.82. The quantitative estimate of drug-likeness (QED) is 0.0865. The van der Waals surface area contributed by atoms with Crippen LogP contribution < -0.4 is 0 Å². The molecule has 4 aromatic carbocycles. The first-order chi connectivity index (χ1) is 31.9. The van der Waals surface area contributed by atoms with Gasteiger partial charge in [0.15, 0.2) is 0 Å². The Morgan fingerprint density at radius 2 is 1.21 bits per heavy atom. The fourth-order valence-electron chi connectivity index (χ4n) is 13.8. The van der Waals surface area contributed by atoms with Crippen LogP contribution in [0.15, 0.2) is 88.8 Å². The lowest BCUT2D eigenvalue weighted by Crippen LogP contribution is -2.54. The number of hydrogen-bond donors (Lipinski definition) is 0. The van der Waals surface area contributed by atoms with Crippen LogP contribution in [0.2, 0.25) is 0 Å². The third kappa shape index (κ3) is 10.7. The molecular formula is C59H82O7S2. The second-order valence-corrected chi connectivity index (χ2v) is 28.4. The van der Waals surface area contributed by atoms with Gasteiger partial charge >= 0.3 is 0 Å². The zero-order valence-electron chi connectivity index (χ0n) is 43.2. The maximum Gasteiger partial charge on any atom is 0.297 e. The van der Waals surface area contributed by atoms with Crippen molar-refractivity contribution in [3.63, 3.8) is 0 Å². The van der Waals surface area contributed by atoms with Crippen LogP contribution in [-0.2, 0) is 33.3 Å². The van der Waals surface area contributed by atoms with Crippen molar-refractivity contribution in [2.75, 3.05) is 13.2 Å². The molecule has 4 aliphatic carbocycles. The smallest absolute Gasteiger partial charge is 0.297 e. The molecule has 9 heteroatoms. The Labute approximate surface area is 410 Å². The normalized spacial score (nSPS) is 28.2. The molecule has 0 heterocycles. The summed E-state index contributed by atoms with van der Waals surface area (Å²) in [5, 5.41) is 3.28. The first-order valence-corrected chi connectivity index (χ1v) is 28.9. The minimum Gasteiger partial charge on any atom is -0.497 e. The van der Waals surface area contributed by atoms with Crippen molar-refractivity contribution in [1.82, 2.24) is 0 Å². The Kier molecular flexibility index (Phi) is 14.6. The van der Waals surface area contributed by atoms with Gasteiger partial charge < -0.3 is 4.74 Å². The van der Waals surface area contributed by atoms with E-state index in [-0.39, 0.29) is 39.9 Å². The van der Waals surface area contributed by atoms with E-state index >= 15 is 0 Å². The zero-order chi connectivity index (χ0) is 49.0. The van der Waals surface area contributed by atoms with Gasteiger partial charge in [-0.05, 0) is 178 Å². The van der Waals surface area contributed by atoms with Gasteiger partial charge in [0.2, 0.25) is 0 Å². The van der Waals surface area contributed by atoms with Crippen molar-refractivity contribution in [3.8, 4) is 0 Å². The van der Waals surface area contributed by atoms with Crippen LogP contribution in [0.3, 0.4) is 0 Å². The van der Waals surface area contributed by atoms with Gasteiger partial charge in [-0.2, -0.15) is 16.8 Å². The Morgan fingerprint density at radius 3 is 1.75 bits per heavy atom. The fourth-order valence-corrected chi connectivity index (χ4v) is 16.1. The highest BCUT2D eigenvalue weighted by Crippen LogP contribution is 2.68. The van der Waals surface area contributed by atoms with Crippen molar-refractivity contribution >= 4 is 47.4 Å². The van der Waals surface area contributed by atoms with E-state index in [4.69, 9.17) is 13.1 Å². The van der Waals surface area contributed by atoms with E-state index in [1.165, 1.54) is 64.2 Å². The van der Waals surface area contributed by atoms with Crippen molar-refractivity contribution in [3.05, 3.63) is 90.2 Å². The summed E-state index contributed by atoms with van der Waals surface area (Å²) in [6, 6.07) is 22.3. The first kappa shape index (κ1) is 51.1. The van der Waals surface area contributed by atoms with E-state index < -0.39 is 20.2 Å². The molecule has 4 saturated carbocycles. The lowest BCUT2D eigenvalue weighted by atomic mass is 9.44. The van der Waals surface area contributed by atoms with Crippen LogP contribution in [0.4, 0.5) is 0 Å². The number of hydrogen-bond acceptors (Lipinski definition) is 7. The van der Waals surface area contributed by atoms with Crippen molar-refractivity contribution in [2.45, 2.75) is 169 Å². The summed E-state index contributed by atoms with van der Waals surface area (Å²) in [4.78, 5) is 0.227. The van der Waals surface area contributed by atoms with Gasteiger partial charge in [0.05, 0.1) is 35.4 Å². The standard InChI is InChI=1S/C59H82O7S2/c1-39(2)15-12-16-40(3)53-27-28-54-51-24-21-43-35-44(29-31-58(43,10)55(51)30-32-59(53,54)11)64-36-52(49-19-13-17-41-33-45(22-25-47(41)49)67(60,61)65-37-56(4,5)6)50-20-14-18-42-34-46(23-26-48(42)50)68(62,63)66-38-57(7,8)9/h13-14,17-20,22-23,25-26,33-34,36,39-40,43-44,51,53-55H,12,15-16,21,24,27-32,35,37-38H2,1-11H3/t40-,43+,44+,51+,53-,54+,55+,58+,59-/m1/s1. The number of fused-ring (bicyclic) bond motifs is 7. The second-order valence-electron chi connectivity index (χ2n) is 25.2. The Bertz CT molecular complexity index is 2570. The van der Waals surface area contributed by atoms with Gasteiger partial charge in [-0.1, -0.05) is 144 Å². The van der Waals surface area contributed by atoms with E-state index in [0.29, 0.717) is 16.7 Å². The summed E-state index contributed by atoms with van der Waals surface area (Å²) in [6.07, 6.45) is 17.6. The van der Waals surface area contributed by atoms with Crippen LogP contribution >= 0.6 is 0 Å². The number of ether oxygens (including phenoxy) is 1. The molecule has 4 fully saturated rings. The van der Waals surface area contributed by atoms with Crippen molar-refractivity contribution < 1.29 is 29.9 Å². The summed E-state index contributed by atoms with van der Waals surface area (Å²) in [7, 11) is -7.99. The van der Waals surface area contributed by atoms with E-state index in [9.17, 15) is 16.8 Å². The molecule has 372 valence electrons. The largest absolute Gasteiger partial charge is 0.497 e. The van der Waals surface area contributed by atoms with Crippen LogP contribution in [0.5, 0.6) is 0 Å². The molecule has 4 aromatic rings. The Hall–Kier alpha value is -3.24. The molecule has 0 saturated heterocycles. The maximum atomic E-state index is 13.4. The van der Waals surface area contributed by atoms with Crippen LogP contribution in [0, 0.1) is 63.1 Å². The number of benzene rings is 4.